The molecule has 0 aliphatic heterocycles. The second kappa shape index (κ2) is 11.3. The lowest BCUT2D eigenvalue weighted by atomic mass is 9.57. The van der Waals surface area contributed by atoms with Gasteiger partial charge in [0.25, 0.3) is 0 Å². The van der Waals surface area contributed by atoms with Crippen LogP contribution in [-0.4, -0.2) is 19.0 Å². The summed E-state index contributed by atoms with van der Waals surface area (Å²) >= 11 is 2.31. The Morgan fingerprint density at radius 2 is 1.88 bits per heavy atom. The Labute approximate surface area is 169 Å². The van der Waals surface area contributed by atoms with Crippen molar-refractivity contribution in [2.24, 2.45) is 17.3 Å². The Hall–Kier alpha value is 0.390. The highest BCUT2D eigenvalue weighted by Gasteiger charge is 2.45. The van der Waals surface area contributed by atoms with E-state index in [-0.39, 0.29) is 12.4 Å². The lowest BCUT2D eigenvalue weighted by Gasteiger charge is -2.50. The van der Waals surface area contributed by atoms with Gasteiger partial charge in [-0.1, -0.05) is 80.9 Å². The molecule has 0 aromatic carbocycles. The molecular formula is C22H39IO2. The molecule has 146 valence electrons. The maximum atomic E-state index is 6.16. The van der Waals surface area contributed by atoms with Gasteiger partial charge >= 0.3 is 0 Å². The van der Waals surface area contributed by atoms with Crippen molar-refractivity contribution in [1.82, 2.24) is 0 Å². The van der Waals surface area contributed by atoms with Crippen LogP contribution in [0.1, 0.15) is 91.4 Å². The van der Waals surface area contributed by atoms with Crippen LogP contribution in [0.5, 0.6) is 0 Å². The molecule has 0 N–H and O–H groups in total. The molecule has 0 amide bonds. The van der Waals surface area contributed by atoms with E-state index in [1.807, 2.05) is 13.8 Å². The molecule has 2 nitrogen and oxygen atoms in total. The predicted octanol–water partition coefficient (Wildman–Crippen LogP) is 7.26. The molecule has 0 radical (unpaired) electrons. The molecule has 3 heteroatoms. The average Bonchev–Trinajstić information content (AvgIpc) is 2.58. The third kappa shape index (κ3) is 6.80. The lowest BCUT2D eigenvalue weighted by molar-refractivity contribution is -0.175. The molecule has 0 spiro atoms. The Bertz CT molecular complexity index is 383. The van der Waals surface area contributed by atoms with E-state index in [0.717, 1.165) is 5.92 Å². The summed E-state index contributed by atoms with van der Waals surface area (Å²) in [5.74, 6) is 1.70. The molecule has 2 rings (SSSR count). The highest BCUT2D eigenvalue weighted by molar-refractivity contribution is 14.1. The first kappa shape index (κ1) is 21.7. The zero-order chi connectivity index (χ0) is 18.1. The highest BCUT2D eigenvalue weighted by atomic mass is 127. The van der Waals surface area contributed by atoms with Crippen molar-refractivity contribution in [3.63, 3.8) is 0 Å². The number of halogens is 1. The molecule has 0 bridgehead atoms. The number of hydrogen-bond acceptors (Lipinski definition) is 2. The van der Waals surface area contributed by atoms with Gasteiger partial charge in [-0.15, -0.1) is 0 Å². The van der Waals surface area contributed by atoms with E-state index in [1.54, 1.807) is 0 Å². The molecule has 25 heavy (non-hydrogen) atoms. The van der Waals surface area contributed by atoms with Crippen LogP contribution in [0.15, 0.2) is 10.2 Å². The van der Waals surface area contributed by atoms with Crippen LogP contribution in [0, 0.1) is 17.3 Å². The molecule has 2 saturated carbocycles. The molecule has 0 saturated heterocycles. The Morgan fingerprint density at radius 1 is 1.16 bits per heavy atom. The third-order valence-electron chi connectivity index (χ3n) is 6.66. The lowest BCUT2D eigenvalue weighted by Crippen LogP contribution is -2.44. The minimum Gasteiger partial charge on any atom is -0.353 e. The van der Waals surface area contributed by atoms with Gasteiger partial charge in [0.15, 0.2) is 6.29 Å². The van der Waals surface area contributed by atoms with Crippen molar-refractivity contribution in [2.45, 2.75) is 104 Å². The van der Waals surface area contributed by atoms with Gasteiger partial charge in [-0.05, 0) is 60.5 Å². The molecule has 2 unspecified atom stereocenters. The number of ether oxygens (including phenoxy) is 2. The summed E-state index contributed by atoms with van der Waals surface area (Å²) in [7, 11) is 0. The third-order valence-corrected chi connectivity index (χ3v) is 7.08. The van der Waals surface area contributed by atoms with Gasteiger partial charge in [-0.2, -0.15) is 0 Å². The molecule has 2 aliphatic rings. The molecule has 0 heterocycles. The largest absolute Gasteiger partial charge is 0.353 e. The molecule has 0 aromatic rings. The van der Waals surface area contributed by atoms with E-state index in [4.69, 9.17) is 9.47 Å². The minimum absolute atomic E-state index is 0.106. The van der Waals surface area contributed by atoms with Crippen molar-refractivity contribution >= 4 is 22.6 Å². The summed E-state index contributed by atoms with van der Waals surface area (Å²) < 4.78 is 13.9. The van der Waals surface area contributed by atoms with Crippen LogP contribution in [-0.2, 0) is 9.47 Å². The van der Waals surface area contributed by atoms with Crippen molar-refractivity contribution in [3.8, 4) is 0 Å². The minimum atomic E-state index is -0.106. The highest BCUT2D eigenvalue weighted by Crippen LogP contribution is 2.54. The van der Waals surface area contributed by atoms with Crippen LogP contribution < -0.4 is 0 Å². The van der Waals surface area contributed by atoms with Crippen LogP contribution >= 0.6 is 22.6 Å². The van der Waals surface area contributed by atoms with Gasteiger partial charge in [-0.3, -0.25) is 0 Å². The Kier molecular flexibility index (Phi) is 9.79. The maximum absolute atomic E-state index is 6.16. The number of rotatable bonds is 11. The van der Waals surface area contributed by atoms with Gasteiger partial charge in [0, 0.05) is 6.61 Å². The standard InChI is InChI=1S/C22H39IO2/c1-4-22(14-9-12-19-10-7-6-8-11-19)16-20(17-22)21(13-15-23)25-18(3)24-5-2/h13,15,18-21H,4-12,14,16-17H2,1-3H3/b15-13+. The summed E-state index contributed by atoms with van der Waals surface area (Å²) in [4.78, 5) is 0. The topological polar surface area (TPSA) is 18.5 Å². The van der Waals surface area contributed by atoms with Crippen LogP contribution in [0.25, 0.3) is 0 Å². The van der Waals surface area contributed by atoms with E-state index >= 15 is 0 Å². The van der Waals surface area contributed by atoms with Crippen LogP contribution in [0.4, 0.5) is 0 Å². The molecule has 2 atom stereocenters. The van der Waals surface area contributed by atoms with E-state index in [2.05, 4.69) is 39.7 Å². The van der Waals surface area contributed by atoms with Gasteiger partial charge in [0.1, 0.15) is 0 Å². The van der Waals surface area contributed by atoms with Gasteiger partial charge < -0.3 is 9.47 Å². The fraction of sp³-hybridized carbons (Fsp3) is 0.909. The van der Waals surface area contributed by atoms with E-state index in [0.29, 0.717) is 17.9 Å². The first-order valence-corrected chi connectivity index (χ1v) is 11.9. The summed E-state index contributed by atoms with van der Waals surface area (Å²) in [6, 6.07) is 0. The zero-order valence-electron chi connectivity index (χ0n) is 16.6. The van der Waals surface area contributed by atoms with Gasteiger partial charge in [0.2, 0.25) is 0 Å². The van der Waals surface area contributed by atoms with E-state index in [9.17, 15) is 0 Å². The first-order chi connectivity index (χ1) is 12.1. The van der Waals surface area contributed by atoms with Crippen molar-refractivity contribution in [3.05, 3.63) is 10.2 Å². The normalized spacial score (nSPS) is 30.3. The monoisotopic (exact) mass is 462 g/mol. The average molecular weight is 462 g/mol. The first-order valence-electron chi connectivity index (χ1n) is 10.7. The number of hydrogen-bond donors (Lipinski definition) is 0. The molecule has 2 aliphatic carbocycles. The second-order valence-corrected chi connectivity index (χ2v) is 9.08. The fourth-order valence-electron chi connectivity index (χ4n) is 5.08. The molecule has 2 fully saturated rings. The molecule has 0 aromatic heterocycles. The smallest absolute Gasteiger partial charge is 0.155 e. The van der Waals surface area contributed by atoms with E-state index < -0.39 is 0 Å². The summed E-state index contributed by atoms with van der Waals surface area (Å²) in [6.45, 7) is 7.16. The summed E-state index contributed by atoms with van der Waals surface area (Å²) in [5, 5.41) is 0. The summed E-state index contributed by atoms with van der Waals surface area (Å²) in [5.41, 5.74) is 0.592. The van der Waals surface area contributed by atoms with Crippen LogP contribution in [0.2, 0.25) is 0 Å². The Balaban J connectivity index is 1.76. The van der Waals surface area contributed by atoms with Gasteiger partial charge in [0.05, 0.1) is 6.10 Å². The van der Waals surface area contributed by atoms with E-state index in [1.165, 1.54) is 70.6 Å². The SMILES string of the molecule is CCOC(C)OC(/C=C/I)C1CC(CC)(CCCC2CCCCC2)C1. The van der Waals surface area contributed by atoms with Gasteiger partial charge in [-0.25, -0.2) is 0 Å². The van der Waals surface area contributed by atoms with Crippen molar-refractivity contribution in [2.75, 3.05) is 6.61 Å². The Morgan fingerprint density at radius 3 is 2.48 bits per heavy atom. The fourth-order valence-corrected chi connectivity index (χ4v) is 5.49. The quantitative estimate of drug-likeness (QED) is 0.238. The maximum Gasteiger partial charge on any atom is 0.155 e. The van der Waals surface area contributed by atoms with Crippen LogP contribution in [0.3, 0.4) is 0 Å². The second-order valence-electron chi connectivity index (χ2n) is 8.36. The molecular weight excluding hydrogens is 423 g/mol. The van der Waals surface area contributed by atoms with Crippen molar-refractivity contribution < 1.29 is 9.47 Å². The summed E-state index contributed by atoms with van der Waals surface area (Å²) in [6.07, 6.45) is 18.1. The predicted molar refractivity (Wildman–Crippen MR) is 115 cm³/mol. The zero-order valence-corrected chi connectivity index (χ0v) is 18.8. The van der Waals surface area contributed by atoms with Crippen molar-refractivity contribution in [1.29, 1.82) is 0 Å².